The van der Waals surface area contributed by atoms with Crippen molar-refractivity contribution in [2.24, 2.45) is 0 Å². The normalized spacial score (nSPS) is 11.0. The van der Waals surface area contributed by atoms with E-state index in [4.69, 9.17) is 16.9 Å². The van der Waals surface area contributed by atoms with Crippen molar-refractivity contribution in [1.82, 2.24) is 15.1 Å². The van der Waals surface area contributed by atoms with Gasteiger partial charge in [0.25, 0.3) is 17.5 Å². The number of aryl methyl sites for hydroxylation is 1. The van der Waals surface area contributed by atoms with E-state index in [-0.39, 0.29) is 43.5 Å². The van der Waals surface area contributed by atoms with Gasteiger partial charge in [-0.15, -0.1) is 0 Å². The molecule has 1 heterocycles. The first kappa shape index (κ1) is 25.5. The Morgan fingerprint density at radius 3 is 2.63 bits per heavy atom. The van der Waals surface area contributed by atoms with Gasteiger partial charge in [-0.3, -0.25) is 19.7 Å². The van der Waals surface area contributed by atoms with Crippen LogP contribution < -0.4 is 10.6 Å². The van der Waals surface area contributed by atoms with Gasteiger partial charge >= 0.3 is 0 Å². The topological polar surface area (TPSA) is 143 Å². The SMILES string of the molecule is CNC(=O)c1cc(C#N)cc(C)c1NC(=O)/C(F)=C/c1cc(Br)nn1-c1ccc([N+](=O)[O-])cc1Cl. The predicted molar refractivity (Wildman–Crippen MR) is 130 cm³/mol. The van der Waals surface area contributed by atoms with Crippen LogP contribution >= 0.6 is 27.5 Å². The summed E-state index contributed by atoms with van der Waals surface area (Å²) in [5.41, 5.74) is 0.701. The molecule has 0 bridgehead atoms. The third-order valence-corrected chi connectivity index (χ3v) is 5.43. The first-order valence-electron chi connectivity index (χ1n) is 9.71. The Bertz CT molecular complexity index is 1450. The molecule has 0 spiro atoms. The van der Waals surface area contributed by atoms with Gasteiger partial charge < -0.3 is 10.6 Å². The number of nitro benzene ring substituents is 1. The van der Waals surface area contributed by atoms with Crippen molar-refractivity contribution in [3.8, 4) is 11.8 Å². The monoisotopic (exact) mass is 560 g/mol. The number of amides is 2. The van der Waals surface area contributed by atoms with E-state index >= 15 is 0 Å². The Morgan fingerprint density at radius 1 is 1.31 bits per heavy atom. The number of carbonyl (C=O) groups excluding carboxylic acids is 2. The number of nitrogens with one attached hydrogen (secondary N) is 2. The number of hydrogen-bond acceptors (Lipinski definition) is 6. The molecule has 13 heteroatoms. The first-order chi connectivity index (χ1) is 16.5. The summed E-state index contributed by atoms with van der Waals surface area (Å²) >= 11 is 9.34. The Balaban J connectivity index is 1.98. The lowest BCUT2D eigenvalue weighted by molar-refractivity contribution is -0.384. The van der Waals surface area contributed by atoms with Gasteiger partial charge in [0.2, 0.25) is 0 Å². The third kappa shape index (κ3) is 5.53. The van der Waals surface area contributed by atoms with Crippen LogP contribution in [0, 0.1) is 28.4 Å². The molecule has 178 valence electrons. The zero-order valence-corrected chi connectivity index (χ0v) is 20.4. The molecule has 0 radical (unpaired) electrons. The van der Waals surface area contributed by atoms with Crippen LogP contribution in [-0.2, 0) is 4.79 Å². The molecule has 10 nitrogen and oxygen atoms in total. The second kappa shape index (κ2) is 10.5. The van der Waals surface area contributed by atoms with Gasteiger partial charge in [0.15, 0.2) is 5.83 Å². The van der Waals surface area contributed by atoms with Crippen molar-refractivity contribution in [2.45, 2.75) is 6.92 Å². The highest BCUT2D eigenvalue weighted by atomic mass is 79.9. The molecule has 0 unspecified atom stereocenters. The molecule has 0 fully saturated rings. The summed E-state index contributed by atoms with van der Waals surface area (Å²) < 4.78 is 16.4. The quantitative estimate of drug-likeness (QED) is 0.254. The number of rotatable bonds is 6. The van der Waals surface area contributed by atoms with E-state index in [2.05, 4.69) is 31.7 Å². The second-order valence-electron chi connectivity index (χ2n) is 7.05. The fourth-order valence-electron chi connectivity index (χ4n) is 3.14. The van der Waals surface area contributed by atoms with E-state index in [9.17, 15) is 24.1 Å². The molecule has 0 aliphatic carbocycles. The van der Waals surface area contributed by atoms with Gasteiger partial charge in [-0.2, -0.15) is 10.4 Å². The number of aromatic nitrogens is 2. The molecule has 2 aromatic carbocycles. The van der Waals surface area contributed by atoms with Crippen molar-refractivity contribution in [3.05, 3.63) is 84.3 Å². The predicted octanol–water partition coefficient (Wildman–Crippen LogP) is 4.69. The summed E-state index contributed by atoms with van der Waals surface area (Å²) in [5.74, 6) is -2.94. The molecular weight excluding hydrogens is 547 g/mol. The molecule has 3 aromatic rings. The number of benzene rings is 2. The van der Waals surface area contributed by atoms with E-state index < -0.39 is 22.6 Å². The number of carbonyl (C=O) groups is 2. The Hall–Kier alpha value is -4.08. The summed E-state index contributed by atoms with van der Waals surface area (Å²) in [6.07, 6.45) is 0.892. The Kier molecular flexibility index (Phi) is 7.63. The van der Waals surface area contributed by atoms with Crippen LogP contribution in [0.3, 0.4) is 0 Å². The van der Waals surface area contributed by atoms with Crippen molar-refractivity contribution in [2.75, 3.05) is 12.4 Å². The van der Waals surface area contributed by atoms with Crippen LogP contribution in [0.15, 0.2) is 46.8 Å². The molecule has 0 saturated heterocycles. The highest BCUT2D eigenvalue weighted by molar-refractivity contribution is 9.10. The maximum atomic E-state index is 15.0. The molecular formula is C22H15BrClFN6O4. The maximum Gasteiger partial charge on any atom is 0.284 e. The fraction of sp³-hybridized carbons (Fsp3) is 0.0909. The van der Waals surface area contributed by atoms with Crippen LogP contribution in [0.5, 0.6) is 0 Å². The number of anilines is 1. The Labute approximate surface area is 211 Å². The largest absolute Gasteiger partial charge is 0.355 e. The zero-order valence-electron chi connectivity index (χ0n) is 18.1. The minimum atomic E-state index is -1.22. The smallest absolute Gasteiger partial charge is 0.284 e. The van der Waals surface area contributed by atoms with Crippen LogP contribution in [-0.4, -0.2) is 33.6 Å². The average Bonchev–Trinajstić information content (AvgIpc) is 3.18. The molecule has 0 aliphatic rings. The summed E-state index contributed by atoms with van der Waals surface area (Å²) in [7, 11) is 1.38. The van der Waals surface area contributed by atoms with Gasteiger partial charge in [-0.1, -0.05) is 11.6 Å². The molecule has 0 saturated carbocycles. The minimum Gasteiger partial charge on any atom is -0.355 e. The van der Waals surface area contributed by atoms with E-state index in [1.807, 2.05) is 6.07 Å². The third-order valence-electron chi connectivity index (χ3n) is 4.74. The Morgan fingerprint density at radius 2 is 2.03 bits per heavy atom. The molecule has 2 amide bonds. The maximum absolute atomic E-state index is 15.0. The van der Waals surface area contributed by atoms with Crippen LogP contribution in [0.2, 0.25) is 5.02 Å². The summed E-state index contributed by atoms with van der Waals surface area (Å²) in [6.45, 7) is 1.56. The lowest BCUT2D eigenvalue weighted by Gasteiger charge is -2.13. The average molecular weight is 562 g/mol. The molecule has 35 heavy (non-hydrogen) atoms. The van der Waals surface area contributed by atoms with E-state index in [0.29, 0.717) is 5.56 Å². The number of non-ortho nitro benzene ring substituents is 1. The van der Waals surface area contributed by atoms with Crippen molar-refractivity contribution >= 4 is 56.8 Å². The minimum absolute atomic E-state index is 0.00403. The molecule has 3 rings (SSSR count). The van der Waals surface area contributed by atoms with Crippen molar-refractivity contribution in [3.63, 3.8) is 0 Å². The van der Waals surface area contributed by atoms with E-state index in [1.165, 1.54) is 42.1 Å². The van der Waals surface area contributed by atoms with E-state index in [1.54, 1.807) is 6.92 Å². The number of hydrogen-bond donors (Lipinski definition) is 2. The lowest BCUT2D eigenvalue weighted by atomic mass is 10.0. The van der Waals surface area contributed by atoms with Gasteiger partial charge in [0, 0.05) is 25.3 Å². The van der Waals surface area contributed by atoms with Crippen LogP contribution in [0.25, 0.3) is 11.8 Å². The standard InChI is InChI=1S/C22H15BrClFN6O4/c1-11-5-12(10-26)6-15(21(32)27-2)20(11)28-22(33)17(25)8-14-9-19(23)29-30(14)18-4-3-13(31(34)35)7-16(18)24/h3-9H,1-2H3,(H,27,32)(H,28,33)/b17-8-. The number of nitro groups is 1. The molecule has 2 N–H and O–H groups in total. The number of nitriles is 1. The van der Waals surface area contributed by atoms with Crippen LogP contribution in [0.4, 0.5) is 15.8 Å². The van der Waals surface area contributed by atoms with Crippen molar-refractivity contribution in [1.29, 1.82) is 5.26 Å². The second-order valence-corrected chi connectivity index (χ2v) is 8.27. The summed E-state index contributed by atoms with van der Waals surface area (Å²) in [6, 6.07) is 9.74. The van der Waals surface area contributed by atoms with Gasteiger partial charge in [0.1, 0.15) is 4.60 Å². The first-order valence-corrected chi connectivity index (χ1v) is 10.9. The van der Waals surface area contributed by atoms with Gasteiger partial charge in [-0.05, 0) is 52.7 Å². The lowest BCUT2D eigenvalue weighted by Crippen LogP contribution is -2.22. The molecule has 0 aliphatic heterocycles. The summed E-state index contributed by atoms with van der Waals surface area (Å²) in [4.78, 5) is 35.2. The van der Waals surface area contributed by atoms with Crippen LogP contribution in [0.1, 0.15) is 27.2 Å². The van der Waals surface area contributed by atoms with Gasteiger partial charge in [0.05, 0.1) is 44.2 Å². The fourth-order valence-corrected chi connectivity index (χ4v) is 3.79. The number of nitrogens with zero attached hydrogens (tertiary/aromatic N) is 4. The van der Waals surface area contributed by atoms with Gasteiger partial charge in [-0.25, -0.2) is 9.07 Å². The molecule has 0 atom stereocenters. The zero-order chi connectivity index (χ0) is 25.9. The summed E-state index contributed by atoms with van der Waals surface area (Å²) in [5, 5.41) is 29.0. The van der Waals surface area contributed by atoms with E-state index in [0.717, 1.165) is 12.1 Å². The highest BCUT2D eigenvalue weighted by Gasteiger charge is 2.20. The number of halogens is 3. The highest BCUT2D eigenvalue weighted by Crippen LogP contribution is 2.29. The molecule has 1 aromatic heterocycles. The van der Waals surface area contributed by atoms with Crippen molar-refractivity contribution < 1.29 is 18.9 Å².